The zero-order valence-corrected chi connectivity index (χ0v) is 14.6. The highest BCUT2D eigenvalue weighted by Crippen LogP contribution is 2.24. The van der Waals surface area contributed by atoms with E-state index < -0.39 is 0 Å². The molecule has 2 aromatic rings. The Labute approximate surface area is 141 Å². The van der Waals surface area contributed by atoms with Gasteiger partial charge >= 0.3 is 0 Å². The third-order valence-electron chi connectivity index (χ3n) is 4.45. The molecule has 0 radical (unpaired) electrons. The molecule has 5 heteroatoms. The van der Waals surface area contributed by atoms with Crippen LogP contribution in [0, 0.1) is 6.92 Å². The SMILES string of the molecule is Cc1cccc(Cl)c1CN1CCc2c(nc(C(C)C)[nH]c2=O)C1. The second-order valence-electron chi connectivity index (χ2n) is 6.53. The molecule has 1 aromatic carbocycles. The molecule has 4 nitrogen and oxygen atoms in total. The number of hydrogen-bond acceptors (Lipinski definition) is 3. The monoisotopic (exact) mass is 331 g/mol. The van der Waals surface area contributed by atoms with E-state index >= 15 is 0 Å². The normalized spacial score (nSPS) is 15.0. The zero-order chi connectivity index (χ0) is 16.6. The summed E-state index contributed by atoms with van der Waals surface area (Å²) in [6, 6.07) is 5.99. The van der Waals surface area contributed by atoms with Gasteiger partial charge in [-0.3, -0.25) is 9.69 Å². The fraction of sp³-hybridized carbons (Fsp3) is 0.444. The number of benzene rings is 1. The first-order valence-corrected chi connectivity index (χ1v) is 8.42. The van der Waals surface area contributed by atoms with Crippen molar-refractivity contribution in [3.63, 3.8) is 0 Å². The first-order chi connectivity index (χ1) is 11.0. The third kappa shape index (κ3) is 3.33. The molecule has 2 heterocycles. The summed E-state index contributed by atoms with van der Waals surface area (Å²) < 4.78 is 0. The van der Waals surface area contributed by atoms with Crippen LogP contribution in [0.25, 0.3) is 0 Å². The van der Waals surface area contributed by atoms with Gasteiger partial charge < -0.3 is 4.98 Å². The maximum absolute atomic E-state index is 12.2. The molecule has 0 spiro atoms. The average Bonchev–Trinajstić information content (AvgIpc) is 2.50. The van der Waals surface area contributed by atoms with Crippen LogP contribution in [-0.2, 0) is 19.5 Å². The number of halogens is 1. The topological polar surface area (TPSA) is 49.0 Å². The number of hydrogen-bond donors (Lipinski definition) is 1. The summed E-state index contributed by atoms with van der Waals surface area (Å²) in [7, 11) is 0. The van der Waals surface area contributed by atoms with Crippen molar-refractivity contribution in [3.8, 4) is 0 Å². The molecule has 0 saturated heterocycles. The Morgan fingerprint density at radius 3 is 2.87 bits per heavy atom. The quantitative estimate of drug-likeness (QED) is 0.937. The minimum Gasteiger partial charge on any atom is -0.310 e. The number of aromatic amines is 1. The van der Waals surface area contributed by atoms with Crippen LogP contribution >= 0.6 is 11.6 Å². The maximum atomic E-state index is 12.2. The second-order valence-corrected chi connectivity index (χ2v) is 6.93. The Balaban J connectivity index is 1.87. The van der Waals surface area contributed by atoms with Crippen molar-refractivity contribution in [1.29, 1.82) is 0 Å². The second kappa shape index (κ2) is 6.46. The van der Waals surface area contributed by atoms with Gasteiger partial charge in [0, 0.05) is 36.1 Å². The van der Waals surface area contributed by atoms with Crippen LogP contribution in [0.5, 0.6) is 0 Å². The van der Waals surface area contributed by atoms with Gasteiger partial charge in [-0.15, -0.1) is 0 Å². The smallest absolute Gasteiger partial charge is 0.254 e. The Morgan fingerprint density at radius 1 is 1.39 bits per heavy atom. The van der Waals surface area contributed by atoms with Crippen LogP contribution in [0.2, 0.25) is 5.02 Å². The first-order valence-electron chi connectivity index (χ1n) is 8.04. The molecule has 0 unspecified atom stereocenters. The minimum absolute atomic E-state index is 0.0206. The standard InChI is InChI=1S/C18H22ClN3O/c1-11(2)17-20-16-10-22(8-7-13(16)18(23)21-17)9-14-12(3)5-4-6-15(14)19/h4-6,11H,7-10H2,1-3H3,(H,20,21,23). The number of fused-ring (bicyclic) bond motifs is 1. The molecule has 1 N–H and O–H groups in total. The lowest BCUT2D eigenvalue weighted by Crippen LogP contribution is -2.35. The molecule has 1 aliphatic heterocycles. The van der Waals surface area contributed by atoms with Crippen molar-refractivity contribution in [2.75, 3.05) is 6.54 Å². The van der Waals surface area contributed by atoms with Gasteiger partial charge in [0.2, 0.25) is 0 Å². The predicted octanol–water partition coefficient (Wildman–Crippen LogP) is 3.41. The molecule has 122 valence electrons. The van der Waals surface area contributed by atoms with E-state index in [9.17, 15) is 4.79 Å². The van der Waals surface area contributed by atoms with Gasteiger partial charge in [-0.2, -0.15) is 0 Å². The summed E-state index contributed by atoms with van der Waals surface area (Å²) >= 11 is 6.34. The van der Waals surface area contributed by atoms with Crippen LogP contribution in [0.4, 0.5) is 0 Å². The summed E-state index contributed by atoms with van der Waals surface area (Å²) in [4.78, 5) is 22.1. The largest absolute Gasteiger partial charge is 0.310 e. The number of H-pyrrole nitrogens is 1. The van der Waals surface area contributed by atoms with Crippen LogP contribution < -0.4 is 5.56 Å². The van der Waals surface area contributed by atoms with Crippen molar-refractivity contribution in [1.82, 2.24) is 14.9 Å². The van der Waals surface area contributed by atoms with Crippen LogP contribution in [0.15, 0.2) is 23.0 Å². The number of aryl methyl sites for hydroxylation is 1. The fourth-order valence-electron chi connectivity index (χ4n) is 3.01. The van der Waals surface area contributed by atoms with Gasteiger partial charge in [-0.25, -0.2) is 4.98 Å². The third-order valence-corrected chi connectivity index (χ3v) is 4.81. The average molecular weight is 332 g/mol. The first kappa shape index (κ1) is 16.2. The number of aromatic nitrogens is 2. The van der Waals surface area contributed by atoms with Gasteiger partial charge in [-0.1, -0.05) is 37.6 Å². The minimum atomic E-state index is 0.0206. The van der Waals surface area contributed by atoms with E-state index in [4.69, 9.17) is 11.6 Å². The summed E-state index contributed by atoms with van der Waals surface area (Å²) in [5.74, 6) is 0.985. The lowest BCUT2D eigenvalue weighted by atomic mass is 10.0. The van der Waals surface area contributed by atoms with E-state index in [0.717, 1.165) is 47.2 Å². The van der Waals surface area contributed by atoms with Gasteiger partial charge in [0.1, 0.15) is 5.82 Å². The van der Waals surface area contributed by atoms with E-state index in [1.54, 1.807) is 0 Å². The fourth-order valence-corrected chi connectivity index (χ4v) is 3.29. The van der Waals surface area contributed by atoms with Crippen molar-refractivity contribution in [3.05, 3.63) is 61.8 Å². The van der Waals surface area contributed by atoms with Crippen molar-refractivity contribution in [2.45, 2.75) is 46.2 Å². The number of nitrogens with one attached hydrogen (secondary N) is 1. The molecule has 0 atom stereocenters. The van der Waals surface area contributed by atoms with E-state index in [0.29, 0.717) is 6.54 Å². The predicted molar refractivity (Wildman–Crippen MR) is 93.0 cm³/mol. The van der Waals surface area contributed by atoms with Crippen LogP contribution in [-0.4, -0.2) is 21.4 Å². The van der Waals surface area contributed by atoms with Gasteiger partial charge in [-0.05, 0) is 30.5 Å². The highest BCUT2D eigenvalue weighted by atomic mass is 35.5. The molecule has 0 fully saturated rings. The highest BCUT2D eigenvalue weighted by Gasteiger charge is 2.22. The molecular weight excluding hydrogens is 310 g/mol. The van der Waals surface area contributed by atoms with E-state index in [1.165, 1.54) is 5.56 Å². The van der Waals surface area contributed by atoms with Crippen molar-refractivity contribution >= 4 is 11.6 Å². The molecule has 0 amide bonds. The highest BCUT2D eigenvalue weighted by molar-refractivity contribution is 6.31. The number of rotatable bonds is 3. The lowest BCUT2D eigenvalue weighted by molar-refractivity contribution is 0.239. The van der Waals surface area contributed by atoms with E-state index in [-0.39, 0.29) is 11.5 Å². The molecule has 0 saturated carbocycles. The summed E-state index contributed by atoms with van der Waals surface area (Å²) in [5, 5.41) is 0.803. The Kier molecular flexibility index (Phi) is 4.55. The molecule has 0 aliphatic carbocycles. The molecule has 0 bridgehead atoms. The zero-order valence-electron chi connectivity index (χ0n) is 13.8. The summed E-state index contributed by atoms with van der Waals surface area (Å²) in [6.07, 6.45) is 0.736. The number of nitrogens with zero attached hydrogens (tertiary/aromatic N) is 2. The molecule has 3 rings (SSSR count). The lowest BCUT2D eigenvalue weighted by Gasteiger charge is -2.28. The van der Waals surface area contributed by atoms with Crippen LogP contribution in [0.1, 0.15) is 48.0 Å². The van der Waals surface area contributed by atoms with Gasteiger partial charge in [0.25, 0.3) is 5.56 Å². The molecule has 1 aliphatic rings. The van der Waals surface area contributed by atoms with Crippen LogP contribution in [0.3, 0.4) is 0 Å². The van der Waals surface area contributed by atoms with Crippen molar-refractivity contribution in [2.24, 2.45) is 0 Å². The van der Waals surface area contributed by atoms with Gasteiger partial charge in [0.15, 0.2) is 0 Å². The maximum Gasteiger partial charge on any atom is 0.254 e. The van der Waals surface area contributed by atoms with Crippen molar-refractivity contribution < 1.29 is 0 Å². The molecule has 1 aromatic heterocycles. The van der Waals surface area contributed by atoms with E-state index in [2.05, 4.69) is 27.9 Å². The molecular formula is C18H22ClN3O. The Morgan fingerprint density at radius 2 is 2.17 bits per heavy atom. The summed E-state index contributed by atoms with van der Waals surface area (Å²) in [5.41, 5.74) is 4.12. The molecule has 23 heavy (non-hydrogen) atoms. The van der Waals surface area contributed by atoms with Gasteiger partial charge in [0.05, 0.1) is 5.69 Å². The summed E-state index contributed by atoms with van der Waals surface area (Å²) in [6.45, 7) is 8.50. The Hall–Kier alpha value is -1.65. The Bertz CT molecular complexity index is 762. The van der Waals surface area contributed by atoms with E-state index in [1.807, 2.05) is 26.0 Å².